The van der Waals surface area contributed by atoms with Crippen LogP contribution < -0.4 is 14.2 Å². The Morgan fingerprint density at radius 1 is 1.12 bits per heavy atom. The van der Waals surface area contributed by atoms with Gasteiger partial charge in [-0.15, -0.1) is 0 Å². The molecule has 0 amide bonds. The summed E-state index contributed by atoms with van der Waals surface area (Å²) in [5.41, 5.74) is 1.33. The van der Waals surface area contributed by atoms with E-state index in [-0.39, 0.29) is 12.4 Å². The van der Waals surface area contributed by atoms with Crippen molar-refractivity contribution in [3.05, 3.63) is 59.7 Å². The van der Waals surface area contributed by atoms with Crippen molar-refractivity contribution in [3.8, 4) is 23.3 Å². The topological polar surface area (TPSA) is 68.5 Å². The van der Waals surface area contributed by atoms with Crippen LogP contribution >= 0.6 is 0 Å². The first-order valence-electron chi connectivity index (χ1n) is 7.22. The van der Waals surface area contributed by atoms with Crippen LogP contribution in [0.5, 0.6) is 17.2 Å². The second-order valence-corrected chi connectivity index (χ2v) is 4.79. The Morgan fingerprint density at radius 2 is 1.96 bits per heavy atom. The molecule has 0 aromatic heterocycles. The largest absolute Gasteiger partial charge is 0.497 e. The van der Waals surface area contributed by atoms with E-state index >= 15 is 0 Å². The molecular weight excluding hydrogens is 306 g/mol. The number of ether oxygens (including phenoxy) is 3. The second kappa shape index (κ2) is 8.39. The molecule has 0 aliphatic heterocycles. The Balaban J connectivity index is 2.16. The average molecular weight is 323 g/mol. The van der Waals surface area contributed by atoms with Crippen LogP contribution in [0.4, 0.5) is 0 Å². The third-order valence-corrected chi connectivity index (χ3v) is 3.26. The number of carbonyl (C=O) groups is 1. The maximum absolute atomic E-state index is 12.2. The zero-order valence-electron chi connectivity index (χ0n) is 13.5. The van der Waals surface area contributed by atoms with E-state index in [4.69, 9.17) is 19.5 Å². The Morgan fingerprint density at radius 3 is 2.67 bits per heavy atom. The van der Waals surface area contributed by atoms with E-state index in [1.54, 1.807) is 55.7 Å². The van der Waals surface area contributed by atoms with Crippen LogP contribution in [0.15, 0.2) is 48.5 Å². The molecule has 0 heterocycles. The lowest BCUT2D eigenvalue weighted by Gasteiger charge is -2.08. The first-order valence-corrected chi connectivity index (χ1v) is 7.22. The van der Waals surface area contributed by atoms with Gasteiger partial charge < -0.3 is 14.2 Å². The minimum atomic E-state index is -0.127. The monoisotopic (exact) mass is 323 g/mol. The summed E-state index contributed by atoms with van der Waals surface area (Å²) in [7, 11) is 3.07. The van der Waals surface area contributed by atoms with E-state index in [1.165, 1.54) is 13.2 Å². The van der Waals surface area contributed by atoms with Crippen molar-refractivity contribution in [2.75, 3.05) is 20.8 Å². The number of nitriles is 1. The highest BCUT2D eigenvalue weighted by Crippen LogP contribution is 2.28. The number of ketones is 1. The van der Waals surface area contributed by atoms with Crippen LogP contribution in [0.3, 0.4) is 0 Å². The van der Waals surface area contributed by atoms with Gasteiger partial charge in [0, 0.05) is 5.56 Å². The van der Waals surface area contributed by atoms with Crippen LogP contribution in [0.25, 0.3) is 6.08 Å². The SMILES string of the molecule is COc1cccc(C(=O)/C=C/c2ccc(OCC#N)c(OC)c2)c1. The highest BCUT2D eigenvalue weighted by Gasteiger charge is 2.06. The molecule has 0 spiro atoms. The Hall–Kier alpha value is -3.26. The fraction of sp³-hybridized carbons (Fsp3) is 0.158. The summed E-state index contributed by atoms with van der Waals surface area (Å²) in [5, 5.41) is 8.56. The maximum Gasteiger partial charge on any atom is 0.185 e. The van der Waals surface area contributed by atoms with Crippen molar-refractivity contribution >= 4 is 11.9 Å². The predicted octanol–water partition coefficient (Wildman–Crippen LogP) is 3.50. The van der Waals surface area contributed by atoms with Crippen molar-refractivity contribution in [2.45, 2.75) is 0 Å². The fourth-order valence-corrected chi connectivity index (χ4v) is 2.06. The molecule has 0 fully saturated rings. The van der Waals surface area contributed by atoms with Gasteiger partial charge in [-0.25, -0.2) is 0 Å². The molecule has 5 nitrogen and oxygen atoms in total. The van der Waals surface area contributed by atoms with Crippen LogP contribution in [-0.4, -0.2) is 26.6 Å². The molecule has 0 radical (unpaired) electrons. The number of rotatable bonds is 7. The number of carbonyl (C=O) groups excluding carboxylic acids is 1. The Bertz CT molecular complexity index is 790. The molecule has 0 N–H and O–H groups in total. The summed E-state index contributed by atoms with van der Waals surface area (Å²) in [5.74, 6) is 1.49. The molecule has 5 heteroatoms. The van der Waals surface area contributed by atoms with Gasteiger partial charge in [0.15, 0.2) is 23.9 Å². The number of allylic oxidation sites excluding steroid dienone is 1. The number of hydrogen-bond donors (Lipinski definition) is 0. The summed E-state index contributed by atoms with van der Waals surface area (Å²) in [6.45, 7) is -0.0557. The fourth-order valence-electron chi connectivity index (χ4n) is 2.06. The molecule has 2 aromatic carbocycles. The molecule has 122 valence electrons. The molecule has 2 aromatic rings. The highest BCUT2D eigenvalue weighted by atomic mass is 16.5. The van der Waals surface area contributed by atoms with Crippen LogP contribution in [0.2, 0.25) is 0 Å². The zero-order chi connectivity index (χ0) is 17.4. The van der Waals surface area contributed by atoms with Gasteiger partial charge in [-0.1, -0.05) is 24.3 Å². The first-order chi connectivity index (χ1) is 11.7. The summed E-state index contributed by atoms with van der Waals surface area (Å²) in [6, 6.07) is 14.1. The third kappa shape index (κ3) is 4.37. The average Bonchev–Trinajstić information content (AvgIpc) is 2.64. The summed E-state index contributed by atoms with van der Waals surface area (Å²) in [6.07, 6.45) is 3.18. The van der Waals surface area contributed by atoms with E-state index in [0.29, 0.717) is 22.8 Å². The molecule has 0 bridgehead atoms. The van der Waals surface area contributed by atoms with E-state index < -0.39 is 0 Å². The smallest absolute Gasteiger partial charge is 0.185 e. The van der Waals surface area contributed by atoms with E-state index in [0.717, 1.165) is 5.56 Å². The van der Waals surface area contributed by atoms with Crippen molar-refractivity contribution in [1.82, 2.24) is 0 Å². The van der Waals surface area contributed by atoms with Crippen LogP contribution in [0.1, 0.15) is 15.9 Å². The second-order valence-electron chi connectivity index (χ2n) is 4.79. The van der Waals surface area contributed by atoms with Gasteiger partial charge in [-0.2, -0.15) is 5.26 Å². The van der Waals surface area contributed by atoms with Gasteiger partial charge in [0.2, 0.25) is 0 Å². The van der Waals surface area contributed by atoms with Crippen LogP contribution in [0, 0.1) is 11.3 Å². The van der Waals surface area contributed by atoms with Crippen molar-refractivity contribution in [3.63, 3.8) is 0 Å². The predicted molar refractivity (Wildman–Crippen MR) is 90.5 cm³/mol. The van der Waals surface area contributed by atoms with Crippen molar-refractivity contribution in [2.24, 2.45) is 0 Å². The number of benzene rings is 2. The minimum Gasteiger partial charge on any atom is -0.497 e. The van der Waals surface area contributed by atoms with E-state index in [2.05, 4.69) is 0 Å². The molecule has 2 rings (SSSR count). The minimum absolute atomic E-state index is 0.0557. The molecule has 0 saturated carbocycles. The standard InChI is InChI=1S/C19H17NO4/c1-22-16-5-3-4-15(13-16)17(21)8-6-14-7-9-18(24-11-10-20)19(12-14)23-2/h3-9,12-13H,11H2,1-2H3/b8-6+. The quantitative estimate of drug-likeness (QED) is 0.576. The first kappa shape index (κ1) is 17.1. The lowest BCUT2D eigenvalue weighted by molar-refractivity contribution is 0.104. The number of nitrogens with zero attached hydrogens (tertiary/aromatic N) is 1. The van der Waals surface area contributed by atoms with Gasteiger partial charge >= 0.3 is 0 Å². The van der Waals surface area contributed by atoms with Gasteiger partial charge in [-0.3, -0.25) is 4.79 Å². The van der Waals surface area contributed by atoms with Gasteiger partial charge in [-0.05, 0) is 35.9 Å². The highest BCUT2D eigenvalue weighted by molar-refractivity contribution is 6.07. The van der Waals surface area contributed by atoms with Gasteiger partial charge in [0.05, 0.1) is 14.2 Å². The molecule has 0 atom stereocenters. The lowest BCUT2D eigenvalue weighted by atomic mass is 10.1. The molecular formula is C19H17NO4. The zero-order valence-corrected chi connectivity index (χ0v) is 13.5. The summed E-state index contributed by atoms with van der Waals surface area (Å²) < 4.78 is 15.6. The van der Waals surface area contributed by atoms with E-state index in [9.17, 15) is 4.79 Å². The molecule has 0 aliphatic rings. The molecule has 24 heavy (non-hydrogen) atoms. The number of hydrogen-bond acceptors (Lipinski definition) is 5. The van der Waals surface area contributed by atoms with Gasteiger partial charge in [0.1, 0.15) is 11.8 Å². The molecule has 0 aliphatic carbocycles. The van der Waals surface area contributed by atoms with Crippen molar-refractivity contribution in [1.29, 1.82) is 5.26 Å². The van der Waals surface area contributed by atoms with Gasteiger partial charge in [0.25, 0.3) is 0 Å². The van der Waals surface area contributed by atoms with Crippen molar-refractivity contribution < 1.29 is 19.0 Å². The molecule has 0 unspecified atom stereocenters. The Kier molecular flexibility index (Phi) is 5.98. The summed E-state index contributed by atoms with van der Waals surface area (Å²) in [4.78, 5) is 12.2. The Labute approximate surface area is 140 Å². The van der Waals surface area contributed by atoms with E-state index in [1.807, 2.05) is 6.07 Å². The molecule has 0 saturated heterocycles. The third-order valence-electron chi connectivity index (χ3n) is 3.26. The number of methoxy groups -OCH3 is 2. The summed E-state index contributed by atoms with van der Waals surface area (Å²) >= 11 is 0. The normalized spacial score (nSPS) is 10.2. The lowest BCUT2D eigenvalue weighted by Crippen LogP contribution is -1.97. The maximum atomic E-state index is 12.2. The van der Waals surface area contributed by atoms with Crippen LogP contribution in [-0.2, 0) is 0 Å².